The molecule has 1 aromatic rings. The second kappa shape index (κ2) is 6.42. The fourth-order valence-corrected chi connectivity index (χ4v) is 3.75. The molecule has 2 aliphatic rings. The first kappa shape index (κ1) is 16.1. The van der Waals surface area contributed by atoms with Gasteiger partial charge in [0.1, 0.15) is 5.75 Å². The van der Waals surface area contributed by atoms with E-state index in [1.54, 1.807) is 12.1 Å². The number of ether oxygens (including phenoxy) is 1. The van der Waals surface area contributed by atoms with Gasteiger partial charge in [-0.3, -0.25) is 4.79 Å². The number of rotatable bonds is 5. The van der Waals surface area contributed by atoms with Crippen LogP contribution in [0.1, 0.15) is 31.2 Å². The lowest BCUT2D eigenvalue weighted by Crippen LogP contribution is -2.33. The molecule has 2 fully saturated rings. The summed E-state index contributed by atoms with van der Waals surface area (Å²) >= 11 is 0. The van der Waals surface area contributed by atoms with Crippen LogP contribution in [0.25, 0.3) is 0 Å². The maximum absolute atomic E-state index is 12.2. The van der Waals surface area contributed by atoms with E-state index in [4.69, 9.17) is 0 Å². The molecule has 6 heteroatoms. The number of hydrogen-bond acceptors (Lipinski definition) is 2. The van der Waals surface area contributed by atoms with Gasteiger partial charge >= 0.3 is 6.18 Å². The maximum Gasteiger partial charge on any atom is 0.422 e. The highest BCUT2D eigenvalue weighted by molar-refractivity contribution is 5.79. The zero-order valence-corrected chi connectivity index (χ0v) is 12.7. The molecule has 1 amide bonds. The van der Waals surface area contributed by atoms with Crippen LogP contribution in [0, 0.1) is 17.8 Å². The molecule has 23 heavy (non-hydrogen) atoms. The largest absolute Gasteiger partial charge is 0.484 e. The van der Waals surface area contributed by atoms with Gasteiger partial charge < -0.3 is 10.1 Å². The summed E-state index contributed by atoms with van der Waals surface area (Å²) in [6.45, 7) is -0.903. The van der Waals surface area contributed by atoms with E-state index in [2.05, 4.69) is 10.1 Å². The number of benzene rings is 1. The van der Waals surface area contributed by atoms with Crippen molar-refractivity contribution in [1.29, 1.82) is 0 Å². The Labute approximate surface area is 133 Å². The van der Waals surface area contributed by atoms with Crippen molar-refractivity contribution >= 4 is 5.91 Å². The van der Waals surface area contributed by atoms with E-state index in [-0.39, 0.29) is 17.6 Å². The Morgan fingerprint density at radius 2 is 1.91 bits per heavy atom. The molecule has 0 radical (unpaired) electrons. The Bertz CT molecular complexity index is 556. The predicted molar refractivity (Wildman–Crippen MR) is 78.8 cm³/mol. The quantitative estimate of drug-likeness (QED) is 0.896. The van der Waals surface area contributed by atoms with Crippen LogP contribution in [0.4, 0.5) is 13.2 Å². The van der Waals surface area contributed by atoms with Gasteiger partial charge in [-0.15, -0.1) is 0 Å². The normalized spacial score (nSPS) is 26.3. The Morgan fingerprint density at radius 3 is 2.48 bits per heavy atom. The Kier molecular flexibility index (Phi) is 4.50. The van der Waals surface area contributed by atoms with Gasteiger partial charge in [-0.25, -0.2) is 0 Å². The van der Waals surface area contributed by atoms with Crippen LogP contribution in [-0.2, 0) is 11.3 Å². The number of fused-ring (bicyclic) bond motifs is 2. The van der Waals surface area contributed by atoms with E-state index in [1.807, 2.05) is 0 Å². The van der Waals surface area contributed by atoms with Crippen LogP contribution in [-0.4, -0.2) is 18.7 Å². The molecule has 0 heterocycles. The third-order valence-corrected chi connectivity index (χ3v) is 4.87. The summed E-state index contributed by atoms with van der Waals surface area (Å²) < 4.78 is 40.9. The summed E-state index contributed by atoms with van der Waals surface area (Å²) in [6.07, 6.45) is 0.263. The fraction of sp³-hybridized carbons (Fsp3) is 0.588. The minimum absolute atomic E-state index is 0.106. The van der Waals surface area contributed by atoms with E-state index in [0.29, 0.717) is 12.5 Å². The Balaban J connectivity index is 1.46. The number of carbonyl (C=O) groups is 1. The van der Waals surface area contributed by atoms with E-state index in [1.165, 1.54) is 25.0 Å². The molecular weight excluding hydrogens is 307 g/mol. The second-order valence-corrected chi connectivity index (χ2v) is 6.55. The molecule has 0 saturated heterocycles. The summed E-state index contributed by atoms with van der Waals surface area (Å²) in [6, 6.07) is 6.33. The molecule has 3 atom stereocenters. The summed E-state index contributed by atoms with van der Waals surface area (Å²) in [5.74, 6) is 1.68. The number of amides is 1. The molecule has 2 bridgehead atoms. The van der Waals surface area contributed by atoms with Crippen LogP contribution < -0.4 is 10.1 Å². The summed E-state index contributed by atoms with van der Waals surface area (Å²) in [7, 11) is 0. The number of halogens is 3. The standard InChI is InChI=1S/C17H20F3NO2/c18-17(19,20)10-23-14-5-2-11(3-6-14)9-21-16(22)15-8-12-1-4-13(15)7-12/h2-3,5-6,12-13,15H,1,4,7-10H2,(H,21,22). The predicted octanol–water partition coefficient (Wildman–Crippen LogP) is 3.68. The minimum Gasteiger partial charge on any atom is -0.484 e. The molecule has 3 nitrogen and oxygen atoms in total. The van der Waals surface area contributed by atoms with Gasteiger partial charge in [0.15, 0.2) is 6.61 Å². The average Bonchev–Trinajstić information content (AvgIpc) is 3.14. The monoisotopic (exact) mass is 327 g/mol. The number of alkyl halides is 3. The SMILES string of the molecule is O=C(NCc1ccc(OCC(F)(F)F)cc1)C1CC2CCC1C2. The van der Waals surface area contributed by atoms with Crippen molar-refractivity contribution < 1.29 is 22.7 Å². The van der Waals surface area contributed by atoms with Crippen LogP contribution in [0.5, 0.6) is 5.75 Å². The van der Waals surface area contributed by atoms with E-state index >= 15 is 0 Å². The van der Waals surface area contributed by atoms with Crippen molar-refractivity contribution in [1.82, 2.24) is 5.32 Å². The van der Waals surface area contributed by atoms with E-state index in [9.17, 15) is 18.0 Å². The summed E-state index contributed by atoms with van der Waals surface area (Å²) in [5, 5.41) is 2.94. The first-order valence-electron chi connectivity index (χ1n) is 7.97. The van der Waals surface area contributed by atoms with Crippen LogP contribution >= 0.6 is 0 Å². The highest BCUT2D eigenvalue weighted by atomic mass is 19.4. The van der Waals surface area contributed by atoms with Crippen molar-refractivity contribution in [2.45, 2.75) is 38.4 Å². The summed E-state index contributed by atoms with van der Waals surface area (Å²) in [5.41, 5.74) is 0.848. The Morgan fingerprint density at radius 1 is 1.17 bits per heavy atom. The molecular formula is C17H20F3NO2. The molecule has 126 valence electrons. The number of hydrogen-bond donors (Lipinski definition) is 1. The van der Waals surface area contributed by atoms with Crippen LogP contribution in [0.2, 0.25) is 0 Å². The zero-order valence-electron chi connectivity index (χ0n) is 12.7. The zero-order chi connectivity index (χ0) is 16.4. The lowest BCUT2D eigenvalue weighted by atomic mass is 9.88. The molecule has 2 aliphatic carbocycles. The molecule has 2 saturated carbocycles. The molecule has 0 aliphatic heterocycles. The molecule has 3 rings (SSSR count). The highest BCUT2D eigenvalue weighted by Gasteiger charge is 2.42. The van der Waals surface area contributed by atoms with Gasteiger partial charge in [0.2, 0.25) is 5.91 Å². The highest BCUT2D eigenvalue weighted by Crippen LogP contribution is 2.48. The number of carbonyl (C=O) groups excluding carboxylic acids is 1. The number of nitrogens with one attached hydrogen (secondary N) is 1. The second-order valence-electron chi connectivity index (χ2n) is 6.55. The van der Waals surface area contributed by atoms with Crippen molar-refractivity contribution in [3.8, 4) is 5.75 Å². The smallest absolute Gasteiger partial charge is 0.422 e. The van der Waals surface area contributed by atoms with Crippen LogP contribution in [0.3, 0.4) is 0 Å². The summed E-state index contributed by atoms with van der Waals surface area (Å²) in [4.78, 5) is 12.2. The lowest BCUT2D eigenvalue weighted by molar-refractivity contribution is -0.153. The Hall–Kier alpha value is -1.72. The molecule has 0 spiro atoms. The third kappa shape index (κ3) is 4.18. The van der Waals surface area contributed by atoms with Gasteiger partial charge in [0, 0.05) is 12.5 Å². The van der Waals surface area contributed by atoms with Gasteiger partial charge in [-0.05, 0) is 48.8 Å². The first-order valence-corrected chi connectivity index (χ1v) is 7.97. The van der Waals surface area contributed by atoms with E-state index in [0.717, 1.165) is 24.3 Å². The third-order valence-electron chi connectivity index (χ3n) is 4.87. The van der Waals surface area contributed by atoms with Gasteiger partial charge in [-0.1, -0.05) is 18.6 Å². The van der Waals surface area contributed by atoms with Gasteiger partial charge in [0.25, 0.3) is 0 Å². The van der Waals surface area contributed by atoms with Crippen molar-refractivity contribution in [2.24, 2.45) is 17.8 Å². The van der Waals surface area contributed by atoms with Crippen molar-refractivity contribution in [3.05, 3.63) is 29.8 Å². The molecule has 1 N–H and O–H groups in total. The molecule has 0 aromatic heterocycles. The minimum atomic E-state index is -4.34. The van der Waals surface area contributed by atoms with Crippen molar-refractivity contribution in [2.75, 3.05) is 6.61 Å². The topological polar surface area (TPSA) is 38.3 Å². The van der Waals surface area contributed by atoms with Gasteiger partial charge in [0.05, 0.1) is 0 Å². The van der Waals surface area contributed by atoms with Crippen LogP contribution in [0.15, 0.2) is 24.3 Å². The maximum atomic E-state index is 12.2. The van der Waals surface area contributed by atoms with Crippen molar-refractivity contribution in [3.63, 3.8) is 0 Å². The molecule has 3 unspecified atom stereocenters. The lowest BCUT2D eigenvalue weighted by Gasteiger charge is -2.20. The van der Waals surface area contributed by atoms with E-state index < -0.39 is 12.8 Å². The first-order chi connectivity index (χ1) is 10.9. The fourth-order valence-electron chi connectivity index (χ4n) is 3.75. The van der Waals surface area contributed by atoms with Gasteiger partial charge in [-0.2, -0.15) is 13.2 Å². The molecule has 1 aromatic carbocycles. The average molecular weight is 327 g/mol.